The second kappa shape index (κ2) is 10.7. The maximum atomic E-state index is 11.9. The average Bonchev–Trinajstić information content (AvgIpc) is 2.36. The van der Waals surface area contributed by atoms with Crippen LogP contribution in [0, 0.1) is 17.8 Å². The third-order valence-corrected chi connectivity index (χ3v) is 3.26. The Morgan fingerprint density at radius 3 is 2.05 bits per heavy atom. The minimum absolute atomic E-state index is 0.124. The van der Waals surface area contributed by atoms with Crippen LogP contribution in [0.25, 0.3) is 0 Å². The van der Waals surface area contributed by atoms with Crippen molar-refractivity contribution in [1.29, 1.82) is 0 Å². The van der Waals surface area contributed by atoms with Gasteiger partial charge in [0.15, 0.2) is 0 Å². The Morgan fingerprint density at radius 2 is 1.55 bits per heavy atom. The molecule has 0 aromatic heterocycles. The van der Waals surface area contributed by atoms with Gasteiger partial charge in [-0.2, -0.15) is 0 Å². The van der Waals surface area contributed by atoms with Crippen molar-refractivity contribution in [3.8, 4) is 0 Å². The molecular formula is C16H30O4. The maximum absolute atomic E-state index is 11.9. The molecule has 2 unspecified atom stereocenters. The van der Waals surface area contributed by atoms with Gasteiger partial charge in [0.1, 0.15) is 0 Å². The van der Waals surface area contributed by atoms with E-state index < -0.39 is 0 Å². The normalized spacial score (nSPS) is 13.9. The molecule has 0 aromatic carbocycles. The Labute approximate surface area is 123 Å². The molecule has 0 fully saturated rings. The fourth-order valence-electron chi connectivity index (χ4n) is 2.17. The molecule has 0 rings (SSSR count). The van der Waals surface area contributed by atoms with Crippen molar-refractivity contribution < 1.29 is 19.1 Å². The first-order chi connectivity index (χ1) is 9.40. The van der Waals surface area contributed by atoms with Gasteiger partial charge in [0.25, 0.3) is 0 Å². The molecule has 0 aliphatic heterocycles. The average molecular weight is 286 g/mol. The van der Waals surface area contributed by atoms with E-state index in [4.69, 9.17) is 9.47 Å². The highest BCUT2D eigenvalue weighted by atomic mass is 16.5. The molecule has 4 heteroatoms. The van der Waals surface area contributed by atoms with Gasteiger partial charge in [-0.3, -0.25) is 9.59 Å². The molecule has 118 valence electrons. The van der Waals surface area contributed by atoms with E-state index in [1.54, 1.807) is 13.8 Å². The molecule has 0 radical (unpaired) electrons. The topological polar surface area (TPSA) is 52.6 Å². The summed E-state index contributed by atoms with van der Waals surface area (Å²) in [7, 11) is 0. The van der Waals surface area contributed by atoms with Crippen LogP contribution in [0.1, 0.15) is 60.3 Å². The lowest BCUT2D eigenvalue weighted by Crippen LogP contribution is -2.24. The van der Waals surface area contributed by atoms with Gasteiger partial charge in [-0.25, -0.2) is 0 Å². The van der Waals surface area contributed by atoms with Crippen molar-refractivity contribution >= 4 is 11.9 Å². The zero-order valence-corrected chi connectivity index (χ0v) is 13.6. The largest absolute Gasteiger partial charge is 0.466 e. The third kappa shape index (κ3) is 8.94. The van der Waals surface area contributed by atoms with Gasteiger partial charge in [0, 0.05) is 0 Å². The van der Waals surface area contributed by atoms with Crippen molar-refractivity contribution in [3.63, 3.8) is 0 Å². The Morgan fingerprint density at radius 1 is 0.950 bits per heavy atom. The highest BCUT2D eigenvalue weighted by molar-refractivity contribution is 5.79. The van der Waals surface area contributed by atoms with Crippen LogP contribution in [-0.2, 0) is 19.1 Å². The van der Waals surface area contributed by atoms with Crippen molar-refractivity contribution in [3.05, 3.63) is 0 Å². The van der Waals surface area contributed by atoms with Gasteiger partial charge in [-0.1, -0.05) is 33.6 Å². The first kappa shape index (κ1) is 18.9. The standard InChI is InChI=1S/C16H30O4/c1-6-19-15(17)11-14(16(18)20-7-2)10-13(5)9-8-12(3)4/h12-14H,6-11H2,1-5H3. The Hall–Kier alpha value is -1.06. The second-order valence-corrected chi connectivity index (χ2v) is 5.77. The molecule has 0 aromatic rings. The van der Waals surface area contributed by atoms with E-state index in [0.717, 1.165) is 12.8 Å². The number of carbonyl (C=O) groups is 2. The summed E-state index contributed by atoms with van der Waals surface area (Å²) in [6.07, 6.45) is 3.01. The molecule has 0 amide bonds. The first-order valence-electron chi connectivity index (χ1n) is 7.72. The molecule has 0 saturated heterocycles. The number of carbonyl (C=O) groups excluding carboxylic acids is 2. The summed E-state index contributed by atoms with van der Waals surface area (Å²) < 4.78 is 10.00. The number of ether oxygens (including phenoxy) is 2. The minimum atomic E-state index is -0.379. The first-order valence-corrected chi connectivity index (χ1v) is 7.72. The number of hydrogen-bond donors (Lipinski definition) is 0. The Bertz CT molecular complexity index is 286. The third-order valence-electron chi connectivity index (χ3n) is 3.26. The van der Waals surface area contributed by atoms with Gasteiger partial charge in [-0.05, 0) is 32.1 Å². The lowest BCUT2D eigenvalue weighted by atomic mass is 9.88. The zero-order chi connectivity index (χ0) is 15.5. The summed E-state index contributed by atoms with van der Waals surface area (Å²) in [5.74, 6) is 0.0829. The summed E-state index contributed by atoms with van der Waals surface area (Å²) in [4.78, 5) is 23.5. The van der Waals surface area contributed by atoms with E-state index in [0.29, 0.717) is 31.5 Å². The van der Waals surface area contributed by atoms with Gasteiger partial charge >= 0.3 is 11.9 Å². The van der Waals surface area contributed by atoms with Crippen LogP contribution in [0.4, 0.5) is 0 Å². The molecule has 0 heterocycles. The summed E-state index contributed by atoms with van der Waals surface area (Å²) in [6, 6.07) is 0. The van der Waals surface area contributed by atoms with Crippen molar-refractivity contribution in [2.24, 2.45) is 17.8 Å². The van der Waals surface area contributed by atoms with Crippen LogP contribution in [0.15, 0.2) is 0 Å². The van der Waals surface area contributed by atoms with Crippen LogP contribution in [0.5, 0.6) is 0 Å². The predicted molar refractivity (Wildman–Crippen MR) is 79.2 cm³/mol. The summed E-state index contributed by atoms with van der Waals surface area (Å²) in [5, 5.41) is 0. The fourth-order valence-corrected chi connectivity index (χ4v) is 2.17. The smallest absolute Gasteiger partial charge is 0.309 e. The SMILES string of the molecule is CCOC(=O)CC(CC(C)CCC(C)C)C(=O)OCC. The summed E-state index contributed by atoms with van der Waals surface area (Å²) >= 11 is 0. The van der Waals surface area contributed by atoms with Gasteiger partial charge < -0.3 is 9.47 Å². The number of esters is 2. The Kier molecular flexibility index (Phi) is 10.1. The molecule has 0 saturated carbocycles. The van der Waals surface area contributed by atoms with Crippen LogP contribution >= 0.6 is 0 Å². The monoisotopic (exact) mass is 286 g/mol. The van der Waals surface area contributed by atoms with Gasteiger partial charge in [0.05, 0.1) is 25.6 Å². The molecule has 0 spiro atoms. The van der Waals surface area contributed by atoms with E-state index in [1.165, 1.54) is 0 Å². The van der Waals surface area contributed by atoms with E-state index in [1.807, 2.05) is 0 Å². The van der Waals surface area contributed by atoms with E-state index in [-0.39, 0.29) is 24.3 Å². The van der Waals surface area contributed by atoms with Crippen LogP contribution in [0.2, 0.25) is 0 Å². The molecule has 0 N–H and O–H groups in total. The maximum Gasteiger partial charge on any atom is 0.309 e. The number of hydrogen-bond acceptors (Lipinski definition) is 4. The quantitative estimate of drug-likeness (QED) is 0.576. The zero-order valence-electron chi connectivity index (χ0n) is 13.6. The summed E-state index contributed by atoms with van der Waals surface area (Å²) in [5.41, 5.74) is 0. The van der Waals surface area contributed by atoms with Crippen LogP contribution in [-0.4, -0.2) is 25.2 Å². The summed E-state index contributed by atoms with van der Waals surface area (Å²) in [6.45, 7) is 10.7. The second-order valence-electron chi connectivity index (χ2n) is 5.77. The minimum Gasteiger partial charge on any atom is -0.466 e. The molecular weight excluding hydrogens is 256 g/mol. The lowest BCUT2D eigenvalue weighted by Gasteiger charge is -2.19. The van der Waals surface area contributed by atoms with Crippen molar-refractivity contribution in [1.82, 2.24) is 0 Å². The van der Waals surface area contributed by atoms with Crippen LogP contribution < -0.4 is 0 Å². The van der Waals surface area contributed by atoms with Gasteiger partial charge in [0.2, 0.25) is 0 Å². The van der Waals surface area contributed by atoms with E-state index in [2.05, 4.69) is 20.8 Å². The Balaban J connectivity index is 4.43. The molecule has 0 aliphatic carbocycles. The van der Waals surface area contributed by atoms with E-state index in [9.17, 15) is 9.59 Å². The highest BCUT2D eigenvalue weighted by Gasteiger charge is 2.25. The number of rotatable bonds is 10. The molecule has 0 bridgehead atoms. The van der Waals surface area contributed by atoms with Crippen molar-refractivity contribution in [2.45, 2.75) is 60.3 Å². The lowest BCUT2D eigenvalue weighted by molar-refractivity contribution is -0.155. The molecule has 20 heavy (non-hydrogen) atoms. The highest BCUT2D eigenvalue weighted by Crippen LogP contribution is 2.23. The van der Waals surface area contributed by atoms with E-state index >= 15 is 0 Å². The fraction of sp³-hybridized carbons (Fsp3) is 0.875. The van der Waals surface area contributed by atoms with Crippen molar-refractivity contribution in [2.75, 3.05) is 13.2 Å². The van der Waals surface area contributed by atoms with Crippen LogP contribution in [0.3, 0.4) is 0 Å². The predicted octanol–water partition coefficient (Wildman–Crippen LogP) is 3.58. The molecule has 2 atom stereocenters. The molecule has 0 aliphatic rings. The van der Waals surface area contributed by atoms with Gasteiger partial charge in [-0.15, -0.1) is 0 Å². The molecule has 4 nitrogen and oxygen atoms in total.